The van der Waals surface area contributed by atoms with Crippen molar-refractivity contribution in [2.75, 3.05) is 10.2 Å². The number of benzene rings is 2. The maximum atomic E-state index is 13.6. The highest BCUT2D eigenvalue weighted by Crippen LogP contribution is 2.32. The second kappa shape index (κ2) is 12.7. The number of aliphatic hydroxyl groups is 1. The number of hydrogen-bond donors (Lipinski definition) is 4. The Balaban J connectivity index is 1.30. The number of anilines is 2. The second-order valence-corrected chi connectivity index (χ2v) is 10.8. The van der Waals surface area contributed by atoms with Crippen LogP contribution in [0.2, 0.25) is 0 Å². The van der Waals surface area contributed by atoms with Gasteiger partial charge >= 0.3 is 6.03 Å². The van der Waals surface area contributed by atoms with Crippen LogP contribution >= 0.6 is 11.3 Å². The molecule has 10 heteroatoms. The van der Waals surface area contributed by atoms with E-state index in [0.717, 1.165) is 53.3 Å². The fourth-order valence-electron chi connectivity index (χ4n) is 4.91. The monoisotopic (exact) mass is 553 g/mol. The Kier molecular flexibility index (Phi) is 8.66. The summed E-state index contributed by atoms with van der Waals surface area (Å²) in [7, 11) is 0. The lowest BCUT2D eigenvalue weighted by molar-refractivity contribution is 0.190. The van der Waals surface area contributed by atoms with Crippen LogP contribution in [0.5, 0.6) is 0 Å². The predicted octanol–water partition coefficient (Wildman–Crippen LogP) is 5.17. The molecule has 2 heterocycles. The van der Waals surface area contributed by atoms with Crippen LogP contribution in [-0.4, -0.2) is 33.2 Å². The molecule has 5 rings (SSSR count). The van der Waals surface area contributed by atoms with Gasteiger partial charge in [-0.05, 0) is 67.6 Å². The van der Waals surface area contributed by atoms with Crippen LogP contribution in [0, 0.1) is 11.3 Å². The van der Waals surface area contributed by atoms with Gasteiger partial charge in [0.1, 0.15) is 23.1 Å². The van der Waals surface area contributed by atoms with E-state index in [9.17, 15) is 9.90 Å². The summed E-state index contributed by atoms with van der Waals surface area (Å²) in [5.41, 5.74) is 8.86. The largest absolute Gasteiger partial charge is 0.374 e. The second-order valence-electron chi connectivity index (χ2n) is 9.77. The third-order valence-electron chi connectivity index (χ3n) is 7.02. The van der Waals surface area contributed by atoms with Crippen molar-refractivity contribution >= 4 is 28.9 Å². The summed E-state index contributed by atoms with van der Waals surface area (Å²) in [6.45, 7) is 0.443. The molecule has 2 aromatic heterocycles. The van der Waals surface area contributed by atoms with Crippen LogP contribution in [0.3, 0.4) is 0 Å². The lowest BCUT2D eigenvalue weighted by Crippen LogP contribution is -2.48. The number of rotatable bonds is 8. The number of thiazole rings is 1. The highest BCUT2D eigenvalue weighted by Gasteiger charge is 2.30. The van der Waals surface area contributed by atoms with E-state index in [2.05, 4.69) is 26.7 Å². The van der Waals surface area contributed by atoms with Crippen molar-refractivity contribution in [2.45, 2.75) is 50.5 Å². The number of nitrogens with one attached hydrogen (secondary N) is 2. The summed E-state index contributed by atoms with van der Waals surface area (Å²) in [4.78, 5) is 24.8. The van der Waals surface area contributed by atoms with Crippen LogP contribution in [0.25, 0.3) is 10.6 Å². The van der Waals surface area contributed by atoms with Crippen molar-refractivity contribution < 1.29 is 9.90 Å². The summed E-state index contributed by atoms with van der Waals surface area (Å²) in [5.74, 6) is 0.753. The van der Waals surface area contributed by atoms with Gasteiger partial charge in [-0.3, -0.25) is 4.90 Å². The molecule has 9 nitrogen and oxygen atoms in total. The molecule has 1 unspecified atom stereocenters. The summed E-state index contributed by atoms with van der Waals surface area (Å²) in [6.07, 6.45) is 5.54. The van der Waals surface area contributed by atoms with Gasteiger partial charge in [0.25, 0.3) is 0 Å². The molecule has 1 atom stereocenters. The molecule has 0 radical (unpaired) electrons. The average Bonchev–Trinajstić information content (AvgIpc) is 3.49. The third kappa shape index (κ3) is 6.63. The van der Waals surface area contributed by atoms with Crippen LogP contribution in [0.1, 0.15) is 47.9 Å². The first-order valence-electron chi connectivity index (χ1n) is 13.2. The smallest absolute Gasteiger partial charge is 0.322 e. The molecule has 2 amide bonds. The average molecular weight is 554 g/mol. The van der Waals surface area contributed by atoms with E-state index in [4.69, 9.17) is 11.0 Å². The Hall–Kier alpha value is -4.30. The number of urea groups is 1. The number of aliphatic hydroxyl groups excluding tert-OH is 1. The van der Waals surface area contributed by atoms with Gasteiger partial charge in [0.2, 0.25) is 0 Å². The molecule has 0 aliphatic heterocycles. The standard InChI is InChI=1S/C30H31N7O2S/c31-16-21-6-15-27(33-18-21)36-23-9-13-25(14-10-23)37(30(39)35-17-20-4-2-1-3-5-20)24-11-7-22(8-12-24)29-34-19-26(40-29)28(32)38/h1-8,11-12,15,18-19,23,25,28,38H,9-10,13-14,17,32H2,(H,33,36)(H,35,39)/t23-,25-,28?. The maximum Gasteiger partial charge on any atom is 0.322 e. The van der Waals surface area contributed by atoms with E-state index in [1.807, 2.05) is 65.6 Å². The Morgan fingerprint density at radius 3 is 2.42 bits per heavy atom. The minimum Gasteiger partial charge on any atom is -0.374 e. The number of pyridine rings is 1. The zero-order valence-electron chi connectivity index (χ0n) is 21.9. The van der Waals surface area contributed by atoms with E-state index in [-0.39, 0.29) is 18.1 Å². The van der Waals surface area contributed by atoms with Crippen LogP contribution in [0.15, 0.2) is 79.1 Å². The van der Waals surface area contributed by atoms with Gasteiger partial charge in [0.05, 0.1) is 10.4 Å². The van der Waals surface area contributed by atoms with Crippen molar-refractivity contribution in [3.63, 3.8) is 0 Å². The number of nitrogens with zero attached hydrogens (tertiary/aromatic N) is 4. The zero-order valence-corrected chi connectivity index (χ0v) is 22.7. The van der Waals surface area contributed by atoms with Gasteiger partial charge in [0.15, 0.2) is 0 Å². The molecular formula is C30H31N7O2S. The molecule has 0 saturated heterocycles. The highest BCUT2D eigenvalue weighted by molar-refractivity contribution is 7.15. The molecule has 0 bridgehead atoms. The molecule has 1 aliphatic rings. The van der Waals surface area contributed by atoms with Crippen LogP contribution in [0.4, 0.5) is 16.3 Å². The van der Waals surface area contributed by atoms with Gasteiger partial charge in [0, 0.05) is 42.3 Å². The number of nitriles is 1. The van der Waals surface area contributed by atoms with Gasteiger partial charge < -0.3 is 21.5 Å². The Morgan fingerprint density at radius 2 is 1.80 bits per heavy atom. The minimum atomic E-state index is -1.05. The Bertz CT molecular complexity index is 1440. The summed E-state index contributed by atoms with van der Waals surface area (Å²) >= 11 is 1.34. The fraction of sp³-hybridized carbons (Fsp3) is 0.267. The Labute approximate surface area is 237 Å². The van der Waals surface area contributed by atoms with E-state index in [1.54, 1.807) is 18.5 Å². The summed E-state index contributed by atoms with van der Waals surface area (Å²) < 4.78 is 0. The van der Waals surface area contributed by atoms with E-state index in [1.165, 1.54) is 11.3 Å². The number of amides is 2. The quantitative estimate of drug-likeness (QED) is 0.221. The summed E-state index contributed by atoms with van der Waals surface area (Å²) in [5, 5.41) is 26.0. The number of aromatic nitrogens is 2. The molecule has 204 valence electrons. The van der Waals surface area contributed by atoms with Crippen molar-refractivity contribution in [3.05, 3.63) is 95.1 Å². The van der Waals surface area contributed by atoms with Crippen LogP contribution < -0.4 is 21.3 Å². The van der Waals surface area contributed by atoms with Gasteiger partial charge in [-0.2, -0.15) is 5.26 Å². The van der Waals surface area contributed by atoms with E-state index in [0.29, 0.717) is 17.0 Å². The maximum absolute atomic E-state index is 13.6. The first kappa shape index (κ1) is 27.3. The minimum absolute atomic E-state index is 0.0347. The van der Waals surface area contributed by atoms with E-state index >= 15 is 0 Å². The Morgan fingerprint density at radius 1 is 1.05 bits per heavy atom. The normalized spacial score (nSPS) is 17.4. The predicted molar refractivity (Wildman–Crippen MR) is 156 cm³/mol. The number of hydrogen-bond acceptors (Lipinski definition) is 8. The molecule has 5 N–H and O–H groups in total. The first-order valence-corrected chi connectivity index (χ1v) is 14.1. The van der Waals surface area contributed by atoms with Crippen molar-refractivity contribution in [1.82, 2.24) is 15.3 Å². The molecule has 1 aliphatic carbocycles. The lowest BCUT2D eigenvalue weighted by Gasteiger charge is -2.37. The van der Waals surface area contributed by atoms with E-state index < -0.39 is 6.23 Å². The molecule has 1 saturated carbocycles. The molecule has 2 aromatic carbocycles. The molecule has 4 aromatic rings. The molecule has 0 spiro atoms. The fourth-order valence-corrected chi connectivity index (χ4v) is 5.72. The van der Waals surface area contributed by atoms with Crippen LogP contribution in [-0.2, 0) is 6.54 Å². The van der Waals surface area contributed by atoms with Gasteiger partial charge in [-0.15, -0.1) is 11.3 Å². The lowest BCUT2D eigenvalue weighted by atomic mass is 9.89. The number of carbonyl (C=O) groups excluding carboxylic acids is 1. The van der Waals surface area contributed by atoms with Crippen molar-refractivity contribution in [2.24, 2.45) is 5.73 Å². The van der Waals surface area contributed by atoms with Crippen molar-refractivity contribution in [3.8, 4) is 16.6 Å². The van der Waals surface area contributed by atoms with Crippen molar-refractivity contribution in [1.29, 1.82) is 5.26 Å². The zero-order chi connectivity index (χ0) is 27.9. The third-order valence-corrected chi connectivity index (χ3v) is 8.14. The topological polar surface area (TPSA) is 140 Å². The SMILES string of the molecule is N#Cc1ccc(N[C@H]2CC[C@H](N(C(=O)NCc3ccccc3)c3ccc(-c4ncc(C(N)O)s4)cc3)CC2)nc1. The van der Waals surface area contributed by atoms with Gasteiger partial charge in [-0.1, -0.05) is 30.3 Å². The first-order chi connectivity index (χ1) is 19.5. The highest BCUT2D eigenvalue weighted by atomic mass is 32.1. The molecular weight excluding hydrogens is 522 g/mol. The number of carbonyl (C=O) groups is 1. The molecule has 1 fully saturated rings. The van der Waals surface area contributed by atoms with Gasteiger partial charge in [-0.25, -0.2) is 14.8 Å². The molecule has 40 heavy (non-hydrogen) atoms. The summed E-state index contributed by atoms with van der Waals surface area (Å²) in [6, 6.07) is 23.5. The number of nitrogens with two attached hydrogens (primary N) is 1.